The van der Waals surface area contributed by atoms with Crippen LogP contribution in [0.1, 0.15) is 34.6 Å². The number of ether oxygens (including phenoxy) is 2. The third-order valence-corrected chi connectivity index (χ3v) is 4.86. The Balaban J connectivity index is 0.00000128. The molecule has 0 bridgehead atoms. The van der Waals surface area contributed by atoms with Crippen molar-refractivity contribution in [3.63, 3.8) is 0 Å². The number of rotatable bonds is 4. The number of halogens is 3. The third-order valence-electron chi connectivity index (χ3n) is 4.86. The van der Waals surface area contributed by atoms with Gasteiger partial charge in [-0.1, -0.05) is 66.7 Å². The zero-order chi connectivity index (χ0) is 18.8. The Labute approximate surface area is 216 Å². The average molecular weight is 532 g/mol. The molecule has 0 saturated carbocycles. The Hall–Kier alpha value is -2.08. The van der Waals surface area contributed by atoms with Gasteiger partial charge in [0.25, 0.3) is 0 Å². The number of aliphatic imine (C=N–C) groups is 2. The predicted octanol–water partition coefficient (Wildman–Crippen LogP) is -4.87. The van der Waals surface area contributed by atoms with Crippen molar-refractivity contribution in [3.8, 4) is 0 Å². The molecule has 0 spiro atoms. The number of pyridine rings is 1. The quantitative estimate of drug-likeness (QED) is 0.318. The first kappa shape index (κ1) is 28.0. The monoisotopic (exact) mass is 530 g/mol. The van der Waals surface area contributed by atoms with Crippen LogP contribution in [0.2, 0.25) is 0 Å². The second kappa shape index (κ2) is 12.8. The summed E-state index contributed by atoms with van der Waals surface area (Å²) in [6, 6.07) is 26.1. The van der Waals surface area contributed by atoms with Crippen molar-refractivity contribution in [2.24, 2.45) is 9.98 Å². The van der Waals surface area contributed by atoms with Gasteiger partial charge in [-0.25, -0.2) is 15.0 Å². The van der Waals surface area contributed by atoms with Crippen molar-refractivity contribution < 1.29 is 63.8 Å². The van der Waals surface area contributed by atoms with E-state index in [1.165, 1.54) is 0 Å². The van der Waals surface area contributed by atoms with Crippen LogP contribution >= 0.6 is 0 Å². The summed E-state index contributed by atoms with van der Waals surface area (Å²) >= 11 is 0. The van der Waals surface area contributed by atoms with Crippen LogP contribution in [0, 0.1) is 0 Å². The van der Waals surface area contributed by atoms with E-state index in [1.54, 1.807) is 0 Å². The van der Waals surface area contributed by atoms with Crippen LogP contribution in [0.5, 0.6) is 0 Å². The molecule has 3 heterocycles. The minimum atomic E-state index is 0. The number of nitrogens with zero attached hydrogens (tertiary/aromatic N) is 3. The fourth-order valence-corrected chi connectivity index (χ4v) is 3.39. The van der Waals surface area contributed by atoms with Gasteiger partial charge in [-0.05, 0) is 23.3 Å². The molecule has 2 aliphatic rings. The molecule has 0 aliphatic carbocycles. The summed E-state index contributed by atoms with van der Waals surface area (Å²) in [5, 5.41) is 0. The standard InChI is InChI=1S/C23H19N3O2.3ClH.Fe/c1-3-8-16(9-4-1)20-14-27-22(25-20)18-12-7-13-19(24-18)23-26-21(15-28-23)17-10-5-2-6-11-17;;;;/h1-13,20-21H,14-15H2;3*1H;/q;;;;+3/p-3. The van der Waals surface area contributed by atoms with Crippen LogP contribution in [0.4, 0.5) is 0 Å². The molecule has 5 rings (SSSR count). The molecule has 2 atom stereocenters. The van der Waals surface area contributed by atoms with Gasteiger partial charge >= 0.3 is 17.1 Å². The summed E-state index contributed by atoms with van der Waals surface area (Å²) < 4.78 is 11.6. The van der Waals surface area contributed by atoms with Gasteiger partial charge in [-0.15, -0.1) is 0 Å². The summed E-state index contributed by atoms with van der Waals surface area (Å²) in [4.78, 5) is 14.1. The Morgan fingerprint density at radius 3 is 1.38 bits per heavy atom. The van der Waals surface area contributed by atoms with Crippen molar-refractivity contribution in [2.75, 3.05) is 13.2 Å². The zero-order valence-corrected chi connectivity index (χ0v) is 20.1. The van der Waals surface area contributed by atoms with Crippen molar-refractivity contribution in [3.05, 3.63) is 101 Å². The fraction of sp³-hybridized carbons (Fsp3) is 0.174. The van der Waals surface area contributed by atoms with Gasteiger partial charge in [0.15, 0.2) is 0 Å². The maximum Gasteiger partial charge on any atom is 3.00 e. The summed E-state index contributed by atoms with van der Waals surface area (Å²) in [7, 11) is 0. The van der Waals surface area contributed by atoms with E-state index in [9.17, 15) is 0 Å². The van der Waals surface area contributed by atoms with Crippen molar-refractivity contribution >= 4 is 11.8 Å². The normalized spacial score (nSPS) is 18.2. The second-order valence-corrected chi connectivity index (χ2v) is 6.75. The maximum absolute atomic E-state index is 5.82. The number of benzene rings is 2. The molecule has 2 aliphatic heterocycles. The SMILES string of the molecule is [Cl-].[Cl-].[Cl-].[Fe+3].c1ccc(C2COC(c3cccc(C4=NC(c5ccccc5)CO4)n3)=N2)cc1. The molecule has 32 heavy (non-hydrogen) atoms. The van der Waals surface area contributed by atoms with E-state index in [0.29, 0.717) is 36.4 Å². The smallest absolute Gasteiger partial charge is 1.00 e. The topological polar surface area (TPSA) is 56.1 Å². The number of aromatic nitrogens is 1. The molecule has 5 nitrogen and oxygen atoms in total. The molecule has 0 fully saturated rings. The first-order chi connectivity index (χ1) is 13.9. The van der Waals surface area contributed by atoms with Gasteiger partial charge < -0.3 is 46.7 Å². The average Bonchev–Trinajstić information content (AvgIpc) is 3.46. The van der Waals surface area contributed by atoms with E-state index in [-0.39, 0.29) is 66.4 Å². The van der Waals surface area contributed by atoms with E-state index in [4.69, 9.17) is 19.5 Å². The summed E-state index contributed by atoms with van der Waals surface area (Å²) in [5.41, 5.74) is 3.68. The third kappa shape index (κ3) is 6.03. The minimum Gasteiger partial charge on any atom is -1.00 e. The zero-order valence-electron chi connectivity index (χ0n) is 16.7. The largest absolute Gasteiger partial charge is 3.00 e. The van der Waals surface area contributed by atoms with Gasteiger partial charge in [0, 0.05) is 0 Å². The van der Waals surface area contributed by atoms with E-state index < -0.39 is 0 Å². The van der Waals surface area contributed by atoms with Crippen molar-refractivity contribution in [2.45, 2.75) is 12.1 Å². The molecule has 167 valence electrons. The van der Waals surface area contributed by atoms with Crippen LogP contribution in [-0.2, 0) is 26.5 Å². The van der Waals surface area contributed by atoms with Crippen molar-refractivity contribution in [1.82, 2.24) is 4.98 Å². The minimum absolute atomic E-state index is 0. The van der Waals surface area contributed by atoms with Crippen LogP contribution < -0.4 is 37.2 Å². The Kier molecular flexibility index (Phi) is 11.2. The van der Waals surface area contributed by atoms with E-state index in [0.717, 1.165) is 11.1 Å². The van der Waals surface area contributed by atoms with E-state index in [1.807, 2.05) is 54.6 Å². The predicted molar refractivity (Wildman–Crippen MR) is 108 cm³/mol. The summed E-state index contributed by atoms with van der Waals surface area (Å²) in [6.45, 7) is 1.05. The van der Waals surface area contributed by atoms with E-state index >= 15 is 0 Å². The van der Waals surface area contributed by atoms with Crippen LogP contribution in [0.25, 0.3) is 0 Å². The Bertz CT molecular complexity index is 972. The van der Waals surface area contributed by atoms with Gasteiger partial charge in [-0.2, -0.15) is 0 Å². The molecule has 0 N–H and O–H groups in total. The van der Waals surface area contributed by atoms with Gasteiger partial charge in [0.1, 0.15) is 36.7 Å². The van der Waals surface area contributed by atoms with Gasteiger partial charge in [-0.3, -0.25) is 0 Å². The van der Waals surface area contributed by atoms with Crippen molar-refractivity contribution in [1.29, 1.82) is 0 Å². The van der Waals surface area contributed by atoms with Crippen LogP contribution in [0.15, 0.2) is 88.8 Å². The second-order valence-electron chi connectivity index (χ2n) is 6.75. The van der Waals surface area contributed by atoms with Gasteiger partial charge in [0.05, 0.1) is 0 Å². The molecule has 3 aromatic rings. The molecule has 9 heteroatoms. The molecular formula is C23H19Cl3FeN3O2. The van der Waals surface area contributed by atoms with Crippen LogP contribution in [0.3, 0.4) is 0 Å². The first-order valence-corrected chi connectivity index (χ1v) is 9.36. The number of hydrogen-bond acceptors (Lipinski definition) is 5. The fourth-order valence-electron chi connectivity index (χ4n) is 3.39. The molecule has 1 aromatic heterocycles. The maximum atomic E-state index is 5.82. The molecule has 2 aromatic carbocycles. The molecule has 0 saturated heterocycles. The van der Waals surface area contributed by atoms with Gasteiger partial charge in [0.2, 0.25) is 11.8 Å². The first-order valence-electron chi connectivity index (χ1n) is 9.36. The Morgan fingerprint density at radius 2 is 0.969 bits per heavy atom. The molecular weight excluding hydrogens is 512 g/mol. The van der Waals surface area contributed by atoms with Crippen LogP contribution in [-0.4, -0.2) is 30.0 Å². The molecule has 1 radical (unpaired) electrons. The molecule has 0 amide bonds. The summed E-state index contributed by atoms with van der Waals surface area (Å²) in [6.07, 6.45) is 0. The number of hydrogen-bond donors (Lipinski definition) is 0. The molecule has 2 unspecified atom stereocenters. The Morgan fingerprint density at radius 1 is 0.562 bits per heavy atom. The van der Waals surface area contributed by atoms with E-state index in [2.05, 4.69) is 29.2 Å². The summed E-state index contributed by atoms with van der Waals surface area (Å²) in [5.74, 6) is 1.13.